The lowest BCUT2D eigenvalue weighted by Crippen LogP contribution is -2.18. The number of nitro groups is 1. The fourth-order valence-electron chi connectivity index (χ4n) is 0.816. The maximum Gasteiger partial charge on any atom is 0.334 e. The van der Waals surface area contributed by atoms with Crippen molar-refractivity contribution in [3.05, 3.63) is 20.0 Å². The van der Waals surface area contributed by atoms with Crippen LogP contribution in [0.25, 0.3) is 0 Å². The second-order valence-corrected chi connectivity index (χ2v) is 5.82. The standard InChI is InChI=1S/C6H5Cl2NO3S2/c7-5(8)4(10)3(9(11)12)6-13-1-2-14-6/h5H,1-2H2. The first kappa shape index (κ1) is 12.2. The second kappa shape index (κ2) is 5.25. The summed E-state index contributed by atoms with van der Waals surface area (Å²) in [6.45, 7) is 0. The van der Waals surface area contributed by atoms with Crippen molar-refractivity contribution in [3.63, 3.8) is 0 Å². The van der Waals surface area contributed by atoms with E-state index in [1.807, 2.05) is 0 Å². The monoisotopic (exact) mass is 273 g/mol. The lowest BCUT2D eigenvalue weighted by Gasteiger charge is -2.00. The highest BCUT2D eigenvalue weighted by Gasteiger charge is 2.33. The lowest BCUT2D eigenvalue weighted by molar-refractivity contribution is -0.418. The van der Waals surface area contributed by atoms with Crippen molar-refractivity contribution in [2.24, 2.45) is 0 Å². The molecule has 0 bridgehead atoms. The van der Waals surface area contributed by atoms with Gasteiger partial charge in [-0.1, -0.05) is 23.2 Å². The van der Waals surface area contributed by atoms with Gasteiger partial charge in [0, 0.05) is 11.5 Å². The third kappa shape index (κ3) is 2.79. The number of rotatable bonds is 3. The number of nitrogens with zero attached hydrogens (tertiary/aromatic N) is 1. The Bertz CT molecular complexity index is 297. The first-order chi connectivity index (χ1) is 6.54. The predicted octanol–water partition coefficient (Wildman–Crippen LogP) is 2.29. The average molecular weight is 274 g/mol. The minimum atomic E-state index is -1.37. The Morgan fingerprint density at radius 3 is 2.29 bits per heavy atom. The number of hydrogen-bond acceptors (Lipinski definition) is 5. The zero-order valence-electron chi connectivity index (χ0n) is 6.74. The lowest BCUT2D eigenvalue weighted by atomic mass is 10.3. The largest absolute Gasteiger partial charge is 0.334 e. The number of thioether (sulfide) groups is 2. The maximum absolute atomic E-state index is 11.3. The first-order valence-corrected chi connectivity index (χ1v) is 6.35. The summed E-state index contributed by atoms with van der Waals surface area (Å²) in [5.41, 5.74) is -0.479. The van der Waals surface area contributed by atoms with Crippen molar-refractivity contribution in [2.75, 3.05) is 11.5 Å². The van der Waals surface area contributed by atoms with Crippen molar-refractivity contribution >= 4 is 52.5 Å². The molecule has 0 aromatic heterocycles. The number of hydrogen-bond donors (Lipinski definition) is 0. The topological polar surface area (TPSA) is 60.2 Å². The number of allylic oxidation sites excluding steroid dienone is 1. The molecule has 4 nitrogen and oxygen atoms in total. The van der Waals surface area contributed by atoms with E-state index in [0.717, 1.165) is 11.5 Å². The zero-order valence-corrected chi connectivity index (χ0v) is 9.88. The second-order valence-electron chi connectivity index (χ2n) is 2.26. The van der Waals surface area contributed by atoms with Gasteiger partial charge in [-0.2, -0.15) is 0 Å². The molecule has 1 aliphatic heterocycles. The van der Waals surface area contributed by atoms with Gasteiger partial charge in [-0.3, -0.25) is 14.9 Å². The van der Waals surface area contributed by atoms with Crippen LogP contribution in [0.3, 0.4) is 0 Å². The van der Waals surface area contributed by atoms with Crippen LogP contribution in [-0.4, -0.2) is 27.0 Å². The number of ketones is 1. The zero-order chi connectivity index (χ0) is 10.7. The van der Waals surface area contributed by atoms with E-state index in [0.29, 0.717) is 4.24 Å². The van der Waals surface area contributed by atoms with Crippen molar-refractivity contribution in [1.29, 1.82) is 0 Å². The van der Waals surface area contributed by atoms with Crippen molar-refractivity contribution in [1.82, 2.24) is 0 Å². The average Bonchev–Trinajstić information content (AvgIpc) is 2.56. The van der Waals surface area contributed by atoms with Crippen LogP contribution in [0.2, 0.25) is 0 Å². The van der Waals surface area contributed by atoms with Gasteiger partial charge in [0.2, 0.25) is 0 Å². The predicted molar refractivity (Wildman–Crippen MR) is 59.4 cm³/mol. The molecule has 0 saturated carbocycles. The fraction of sp³-hybridized carbons (Fsp3) is 0.500. The van der Waals surface area contributed by atoms with E-state index in [9.17, 15) is 14.9 Å². The van der Waals surface area contributed by atoms with Gasteiger partial charge >= 0.3 is 5.70 Å². The molecular weight excluding hydrogens is 269 g/mol. The quantitative estimate of drug-likeness (QED) is 0.342. The smallest absolute Gasteiger partial charge is 0.284 e. The summed E-state index contributed by atoms with van der Waals surface area (Å²) < 4.78 is 0.409. The Morgan fingerprint density at radius 1 is 1.43 bits per heavy atom. The van der Waals surface area contributed by atoms with Crippen LogP contribution in [-0.2, 0) is 4.79 Å². The summed E-state index contributed by atoms with van der Waals surface area (Å²) in [6, 6.07) is 0. The van der Waals surface area contributed by atoms with Gasteiger partial charge in [-0.25, -0.2) is 0 Å². The molecule has 0 spiro atoms. The molecule has 1 fully saturated rings. The fourth-order valence-corrected chi connectivity index (χ4v) is 3.52. The molecular formula is C6H5Cl2NO3S2. The Hall–Kier alpha value is 0.0900. The normalized spacial score (nSPS) is 16.1. The third-order valence-corrected chi connectivity index (χ3v) is 4.45. The number of Topliss-reactive ketones (excluding diaryl/α,β-unsaturated/α-hetero) is 1. The number of halogens is 2. The molecule has 0 atom stereocenters. The highest BCUT2D eigenvalue weighted by Crippen LogP contribution is 2.39. The summed E-state index contributed by atoms with van der Waals surface area (Å²) >= 11 is 13.2. The van der Waals surface area contributed by atoms with Gasteiger partial charge in [0.25, 0.3) is 5.78 Å². The molecule has 78 valence electrons. The summed E-state index contributed by atoms with van der Waals surface area (Å²) in [4.78, 5) is 19.8. The van der Waals surface area contributed by atoms with E-state index in [4.69, 9.17) is 23.2 Å². The van der Waals surface area contributed by atoms with E-state index in [1.54, 1.807) is 0 Å². The number of carbonyl (C=O) groups excluding carboxylic acids is 1. The molecule has 0 aromatic carbocycles. The molecule has 0 aromatic rings. The minimum absolute atomic E-state index is 0.409. The highest BCUT2D eigenvalue weighted by atomic mass is 35.5. The number of carbonyl (C=O) groups is 1. The van der Waals surface area contributed by atoms with Crippen LogP contribution < -0.4 is 0 Å². The van der Waals surface area contributed by atoms with E-state index in [-0.39, 0.29) is 0 Å². The molecule has 14 heavy (non-hydrogen) atoms. The molecule has 0 unspecified atom stereocenters. The van der Waals surface area contributed by atoms with Crippen molar-refractivity contribution in [3.8, 4) is 0 Å². The molecule has 0 N–H and O–H groups in total. The molecule has 0 amide bonds. The summed E-state index contributed by atoms with van der Waals surface area (Å²) in [5, 5.41) is 10.6. The van der Waals surface area contributed by atoms with E-state index >= 15 is 0 Å². The molecule has 1 heterocycles. The van der Waals surface area contributed by atoms with Crippen LogP contribution in [0.5, 0.6) is 0 Å². The maximum atomic E-state index is 11.3. The summed E-state index contributed by atoms with van der Waals surface area (Å²) in [6.07, 6.45) is 0. The third-order valence-electron chi connectivity index (χ3n) is 1.36. The minimum Gasteiger partial charge on any atom is -0.284 e. The van der Waals surface area contributed by atoms with Gasteiger partial charge in [0.15, 0.2) is 4.84 Å². The number of alkyl halides is 2. The van der Waals surface area contributed by atoms with Gasteiger partial charge in [0.1, 0.15) is 4.24 Å². The molecule has 1 aliphatic rings. The molecule has 0 aliphatic carbocycles. The van der Waals surface area contributed by atoms with Crippen LogP contribution in [0.4, 0.5) is 0 Å². The Kier molecular flexibility index (Phi) is 4.56. The van der Waals surface area contributed by atoms with Gasteiger partial charge in [0.05, 0.1) is 4.92 Å². The summed E-state index contributed by atoms with van der Waals surface area (Å²) in [5.74, 6) is 0.690. The van der Waals surface area contributed by atoms with Crippen molar-refractivity contribution < 1.29 is 9.72 Å². The molecule has 8 heteroatoms. The Balaban J connectivity index is 3.00. The molecule has 0 radical (unpaired) electrons. The van der Waals surface area contributed by atoms with Crippen LogP contribution in [0.15, 0.2) is 9.93 Å². The molecule has 1 rings (SSSR count). The molecule has 1 saturated heterocycles. The van der Waals surface area contributed by atoms with Gasteiger partial charge in [-0.15, -0.1) is 23.5 Å². The van der Waals surface area contributed by atoms with Gasteiger partial charge < -0.3 is 0 Å². The van der Waals surface area contributed by atoms with E-state index in [1.165, 1.54) is 23.5 Å². The van der Waals surface area contributed by atoms with Gasteiger partial charge in [-0.05, 0) is 0 Å². The Morgan fingerprint density at radius 2 is 1.93 bits per heavy atom. The van der Waals surface area contributed by atoms with Crippen LogP contribution in [0.1, 0.15) is 0 Å². The van der Waals surface area contributed by atoms with E-state index < -0.39 is 21.2 Å². The Labute approximate surface area is 98.5 Å². The van der Waals surface area contributed by atoms with Crippen LogP contribution >= 0.6 is 46.7 Å². The van der Waals surface area contributed by atoms with Crippen LogP contribution in [0, 0.1) is 10.1 Å². The highest BCUT2D eigenvalue weighted by molar-refractivity contribution is 8.25. The summed E-state index contributed by atoms with van der Waals surface area (Å²) in [7, 11) is 0. The van der Waals surface area contributed by atoms with E-state index in [2.05, 4.69) is 0 Å². The first-order valence-electron chi connectivity index (χ1n) is 3.50. The van der Waals surface area contributed by atoms with Crippen molar-refractivity contribution in [2.45, 2.75) is 4.84 Å². The SMILES string of the molecule is O=C(C(=C1SCCS1)[N+](=O)[O-])C(Cl)Cl.